The van der Waals surface area contributed by atoms with Gasteiger partial charge in [0.2, 0.25) is 5.95 Å². The Morgan fingerprint density at radius 3 is 2.57 bits per heavy atom. The van der Waals surface area contributed by atoms with Crippen LogP contribution in [0.15, 0.2) is 60.9 Å². The van der Waals surface area contributed by atoms with E-state index in [-0.39, 0.29) is 0 Å². The summed E-state index contributed by atoms with van der Waals surface area (Å²) in [5.74, 6) is 0.0933. The first kappa shape index (κ1) is 20.0. The molecule has 1 N–H and O–H groups in total. The first-order chi connectivity index (χ1) is 14.7. The van der Waals surface area contributed by atoms with Gasteiger partial charge in [-0.3, -0.25) is 9.88 Å². The van der Waals surface area contributed by atoms with Crippen molar-refractivity contribution in [1.82, 2.24) is 19.9 Å². The van der Waals surface area contributed by atoms with Crippen molar-refractivity contribution < 1.29 is 0 Å². The highest BCUT2D eigenvalue weighted by atomic mass is 15.2. The van der Waals surface area contributed by atoms with E-state index in [2.05, 4.69) is 56.6 Å². The summed E-state index contributed by atoms with van der Waals surface area (Å²) in [5.41, 5.74) is 3.68. The minimum atomic E-state index is -0.498. The van der Waals surface area contributed by atoms with E-state index in [0.29, 0.717) is 17.7 Å². The van der Waals surface area contributed by atoms with E-state index in [1.165, 1.54) is 5.56 Å². The van der Waals surface area contributed by atoms with Crippen molar-refractivity contribution in [2.75, 3.05) is 18.4 Å². The molecule has 1 fully saturated rings. The van der Waals surface area contributed by atoms with Crippen LogP contribution >= 0.6 is 0 Å². The molecule has 152 valence electrons. The van der Waals surface area contributed by atoms with Gasteiger partial charge in [-0.1, -0.05) is 36.4 Å². The van der Waals surface area contributed by atoms with Crippen molar-refractivity contribution in [3.63, 3.8) is 0 Å². The smallest absolute Gasteiger partial charge is 0.223 e. The van der Waals surface area contributed by atoms with Gasteiger partial charge >= 0.3 is 0 Å². The molecule has 0 aliphatic carbocycles. The Labute approximate surface area is 177 Å². The molecule has 1 aromatic carbocycles. The maximum atomic E-state index is 9.74. The number of hydrogen-bond acceptors (Lipinski definition) is 6. The minimum absolute atomic E-state index is 0.336. The van der Waals surface area contributed by atoms with E-state index in [1.54, 1.807) is 12.4 Å². The highest BCUT2D eigenvalue weighted by Gasteiger charge is 2.22. The highest BCUT2D eigenvalue weighted by Crippen LogP contribution is 2.25. The molecule has 2 aromatic heterocycles. The predicted octanol–water partition coefficient (Wildman–Crippen LogP) is 3.91. The number of nitriles is 1. The summed E-state index contributed by atoms with van der Waals surface area (Å²) in [6, 6.07) is 18.9. The van der Waals surface area contributed by atoms with Gasteiger partial charge < -0.3 is 5.32 Å². The van der Waals surface area contributed by atoms with Gasteiger partial charge in [-0.2, -0.15) is 5.26 Å². The number of pyridine rings is 1. The molecular formula is C24H26N6. The van der Waals surface area contributed by atoms with Crippen molar-refractivity contribution in [3.8, 4) is 6.07 Å². The summed E-state index contributed by atoms with van der Waals surface area (Å²) < 4.78 is 0. The summed E-state index contributed by atoms with van der Waals surface area (Å²) in [4.78, 5) is 16.0. The molecule has 0 saturated carbocycles. The Balaban J connectivity index is 1.40. The lowest BCUT2D eigenvalue weighted by atomic mass is 9.99. The average molecular weight is 399 g/mol. The normalized spacial score (nSPS) is 16.0. The Bertz CT molecular complexity index is 991. The van der Waals surface area contributed by atoms with Crippen LogP contribution in [0, 0.1) is 18.3 Å². The van der Waals surface area contributed by atoms with Crippen LogP contribution < -0.4 is 5.32 Å². The molecule has 0 amide bonds. The molecule has 0 spiro atoms. The number of piperidine rings is 1. The van der Waals surface area contributed by atoms with Gasteiger partial charge in [-0.05, 0) is 43.0 Å². The third-order valence-electron chi connectivity index (χ3n) is 5.57. The van der Waals surface area contributed by atoms with Crippen LogP contribution in [0.3, 0.4) is 0 Å². The monoisotopic (exact) mass is 398 g/mol. The number of rotatable bonds is 6. The summed E-state index contributed by atoms with van der Waals surface area (Å²) in [7, 11) is 0. The van der Waals surface area contributed by atoms with E-state index in [9.17, 15) is 5.26 Å². The predicted molar refractivity (Wildman–Crippen MR) is 117 cm³/mol. The SMILES string of the molecule is Cc1cnc(NC2CCN(Cc3ccccc3)CC2)nc1C(C#N)c1ccccn1. The highest BCUT2D eigenvalue weighted by molar-refractivity contribution is 5.38. The second-order valence-electron chi connectivity index (χ2n) is 7.76. The second kappa shape index (κ2) is 9.47. The molecule has 4 rings (SSSR count). The van der Waals surface area contributed by atoms with Gasteiger partial charge in [0.15, 0.2) is 0 Å². The van der Waals surface area contributed by atoms with E-state index < -0.39 is 5.92 Å². The molecule has 1 aliphatic rings. The van der Waals surface area contributed by atoms with E-state index in [4.69, 9.17) is 4.98 Å². The molecule has 1 saturated heterocycles. The maximum absolute atomic E-state index is 9.74. The third kappa shape index (κ3) is 4.81. The zero-order valence-electron chi connectivity index (χ0n) is 17.2. The first-order valence-electron chi connectivity index (χ1n) is 10.4. The molecule has 1 aliphatic heterocycles. The summed E-state index contributed by atoms with van der Waals surface area (Å²) in [6.45, 7) is 5.02. The van der Waals surface area contributed by atoms with Gasteiger partial charge in [0.1, 0.15) is 5.92 Å². The van der Waals surface area contributed by atoms with Crippen molar-refractivity contribution in [2.45, 2.75) is 38.3 Å². The average Bonchev–Trinajstić information content (AvgIpc) is 2.79. The topological polar surface area (TPSA) is 77.7 Å². The fourth-order valence-corrected chi connectivity index (χ4v) is 3.89. The number of anilines is 1. The number of likely N-dealkylation sites (tertiary alicyclic amines) is 1. The number of aryl methyl sites for hydroxylation is 1. The van der Waals surface area contributed by atoms with Crippen LogP contribution in [-0.2, 0) is 6.54 Å². The Kier molecular flexibility index (Phi) is 6.31. The van der Waals surface area contributed by atoms with Crippen molar-refractivity contribution in [1.29, 1.82) is 5.26 Å². The Hall–Kier alpha value is -3.30. The lowest BCUT2D eigenvalue weighted by Gasteiger charge is -2.32. The van der Waals surface area contributed by atoms with Gasteiger partial charge in [0.25, 0.3) is 0 Å². The molecule has 0 radical (unpaired) electrons. The third-order valence-corrected chi connectivity index (χ3v) is 5.57. The summed E-state index contributed by atoms with van der Waals surface area (Å²) in [6.07, 6.45) is 5.59. The zero-order valence-corrected chi connectivity index (χ0v) is 17.2. The molecule has 6 heteroatoms. The van der Waals surface area contributed by atoms with Crippen molar-refractivity contribution in [2.24, 2.45) is 0 Å². The van der Waals surface area contributed by atoms with Crippen LogP contribution in [0.2, 0.25) is 0 Å². The van der Waals surface area contributed by atoms with Crippen LogP contribution in [0.1, 0.15) is 41.3 Å². The summed E-state index contributed by atoms with van der Waals surface area (Å²) in [5, 5.41) is 13.2. The molecule has 6 nitrogen and oxygen atoms in total. The van der Waals surface area contributed by atoms with E-state index in [1.807, 2.05) is 25.1 Å². The number of nitrogens with one attached hydrogen (secondary N) is 1. The quantitative estimate of drug-likeness (QED) is 0.678. The van der Waals surface area contributed by atoms with Crippen LogP contribution in [0.4, 0.5) is 5.95 Å². The van der Waals surface area contributed by atoms with Gasteiger partial charge in [-0.15, -0.1) is 0 Å². The van der Waals surface area contributed by atoms with Crippen molar-refractivity contribution >= 4 is 5.95 Å². The van der Waals surface area contributed by atoms with Gasteiger partial charge in [-0.25, -0.2) is 9.97 Å². The van der Waals surface area contributed by atoms with Crippen LogP contribution in [0.5, 0.6) is 0 Å². The fraction of sp³-hybridized carbons (Fsp3) is 0.333. The zero-order chi connectivity index (χ0) is 20.8. The number of aromatic nitrogens is 3. The van der Waals surface area contributed by atoms with Gasteiger partial charge in [0, 0.05) is 38.1 Å². The van der Waals surface area contributed by atoms with E-state index in [0.717, 1.165) is 43.7 Å². The number of hydrogen-bond donors (Lipinski definition) is 1. The molecule has 0 bridgehead atoms. The lowest BCUT2D eigenvalue weighted by molar-refractivity contribution is 0.211. The molecule has 1 unspecified atom stereocenters. The van der Waals surface area contributed by atoms with Crippen LogP contribution in [0.25, 0.3) is 0 Å². The van der Waals surface area contributed by atoms with Crippen molar-refractivity contribution in [3.05, 3.63) is 83.4 Å². The Morgan fingerprint density at radius 1 is 1.10 bits per heavy atom. The molecular weight excluding hydrogens is 372 g/mol. The molecule has 3 heterocycles. The van der Waals surface area contributed by atoms with E-state index >= 15 is 0 Å². The second-order valence-corrected chi connectivity index (χ2v) is 7.76. The van der Waals surface area contributed by atoms with Gasteiger partial charge in [0.05, 0.1) is 17.5 Å². The lowest BCUT2D eigenvalue weighted by Crippen LogP contribution is -2.39. The number of benzene rings is 1. The largest absolute Gasteiger partial charge is 0.351 e. The minimum Gasteiger partial charge on any atom is -0.351 e. The first-order valence-corrected chi connectivity index (χ1v) is 10.4. The Morgan fingerprint density at radius 2 is 1.87 bits per heavy atom. The number of nitrogens with zero attached hydrogens (tertiary/aromatic N) is 5. The molecule has 3 aromatic rings. The van der Waals surface area contributed by atoms with Crippen LogP contribution in [-0.4, -0.2) is 39.0 Å². The molecule has 30 heavy (non-hydrogen) atoms. The summed E-state index contributed by atoms with van der Waals surface area (Å²) >= 11 is 0. The molecule has 1 atom stereocenters. The standard InChI is InChI=1S/C24H26N6/c1-18-16-27-24(29-23(18)21(15-25)22-9-5-6-12-26-22)28-20-10-13-30(14-11-20)17-19-7-3-2-4-8-19/h2-9,12,16,20-21H,10-11,13-14,17H2,1H3,(H,27,28,29). The fourth-order valence-electron chi connectivity index (χ4n) is 3.89. The maximum Gasteiger partial charge on any atom is 0.223 e.